The van der Waals surface area contributed by atoms with E-state index in [1.165, 1.54) is 4.90 Å². The molecule has 1 saturated heterocycles. The van der Waals surface area contributed by atoms with Gasteiger partial charge < -0.3 is 0 Å². The van der Waals surface area contributed by atoms with E-state index < -0.39 is 11.5 Å². The van der Waals surface area contributed by atoms with Crippen molar-refractivity contribution < 1.29 is 9.59 Å². The van der Waals surface area contributed by atoms with Crippen LogP contribution >= 0.6 is 0 Å². The Kier molecular flexibility index (Phi) is 3.19. The van der Waals surface area contributed by atoms with Crippen molar-refractivity contribution in [2.24, 2.45) is 5.41 Å². The molecule has 0 bridgehead atoms. The quantitative estimate of drug-likeness (QED) is 0.652. The topological polar surface area (TPSA) is 61.2 Å². The molecule has 1 atom stereocenters. The second-order valence-corrected chi connectivity index (χ2v) is 5.25. The van der Waals surface area contributed by atoms with Gasteiger partial charge in [-0.05, 0) is 19.8 Å². The van der Waals surface area contributed by atoms with Crippen LogP contribution in [0.3, 0.4) is 0 Å². The van der Waals surface area contributed by atoms with Gasteiger partial charge in [0.05, 0.1) is 11.5 Å². The molecule has 2 aliphatic rings. The monoisotopic (exact) mass is 234 g/mol. The standard InChI is InChI=1S/C13H18N2O2/c1-10(9-14)15-11(16)8-13(12(15)17)6-4-2-3-5-7-13/h10H,2-8H2,1H3. The molecule has 1 aliphatic heterocycles. The summed E-state index contributed by atoms with van der Waals surface area (Å²) in [6, 6.07) is 1.36. The number of nitrogens with zero attached hydrogens (tertiary/aromatic N) is 2. The second kappa shape index (κ2) is 4.48. The van der Waals surface area contributed by atoms with Gasteiger partial charge in [-0.15, -0.1) is 0 Å². The van der Waals surface area contributed by atoms with Crippen LogP contribution < -0.4 is 0 Å². The van der Waals surface area contributed by atoms with Gasteiger partial charge in [0.1, 0.15) is 6.04 Å². The summed E-state index contributed by atoms with van der Waals surface area (Å²) < 4.78 is 0. The van der Waals surface area contributed by atoms with Crippen molar-refractivity contribution in [3.63, 3.8) is 0 Å². The molecular formula is C13H18N2O2. The smallest absolute Gasteiger partial charge is 0.237 e. The average molecular weight is 234 g/mol. The average Bonchev–Trinajstić information content (AvgIpc) is 2.48. The maximum absolute atomic E-state index is 12.4. The van der Waals surface area contributed by atoms with E-state index in [0.29, 0.717) is 6.42 Å². The van der Waals surface area contributed by atoms with Crippen molar-refractivity contribution in [3.05, 3.63) is 0 Å². The Labute approximate surface area is 102 Å². The Morgan fingerprint density at radius 3 is 2.35 bits per heavy atom. The molecule has 92 valence electrons. The van der Waals surface area contributed by atoms with Crippen molar-refractivity contribution in [2.45, 2.75) is 57.9 Å². The van der Waals surface area contributed by atoms with E-state index in [0.717, 1.165) is 38.5 Å². The molecule has 1 saturated carbocycles. The van der Waals surface area contributed by atoms with Crippen molar-refractivity contribution >= 4 is 11.8 Å². The molecule has 0 aromatic rings. The van der Waals surface area contributed by atoms with Gasteiger partial charge >= 0.3 is 0 Å². The van der Waals surface area contributed by atoms with Gasteiger partial charge in [-0.1, -0.05) is 25.7 Å². The van der Waals surface area contributed by atoms with E-state index in [4.69, 9.17) is 5.26 Å². The summed E-state index contributed by atoms with van der Waals surface area (Å²) in [6.07, 6.45) is 6.28. The summed E-state index contributed by atoms with van der Waals surface area (Å²) in [5.74, 6) is -0.260. The van der Waals surface area contributed by atoms with Gasteiger partial charge in [0.2, 0.25) is 11.8 Å². The molecule has 1 spiro atoms. The minimum absolute atomic E-state index is 0.0987. The molecule has 1 heterocycles. The predicted molar refractivity (Wildman–Crippen MR) is 61.7 cm³/mol. The first-order chi connectivity index (χ1) is 8.10. The first-order valence-electron chi connectivity index (χ1n) is 6.37. The van der Waals surface area contributed by atoms with E-state index in [1.54, 1.807) is 6.92 Å². The lowest BCUT2D eigenvalue weighted by atomic mass is 9.79. The molecule has 2 fully saturated rings. The Morgan fingerprint density at radius 1 is 1.24 bits per heavy atom. The lowest BCUT2D eigenvalue weighted by molar-refractivity contribution is -0.142. The van der Waals surface area contributed by atoms with E-state index in [9.17, 15) is 9.59 Å². The zero-order valence-corrected chi connectivity index (χ0v) is 10.2. The highest BCUT2D eigenvalue weighted by Crippen LogP contribution is 2.44. The molecule has 0 radical (unpaired) electrons. The summed E-state index contributed by atoms with van der Waals surface area (Å²) in [5.41, 5.74) is -0.474. The highest BCUT2D eigenvalue weighted by molar-refractivity contribution is 6.06. The Morgan fingerprint density at radius 2 is 1.82 bits per heavy atom. The van der Waals surface area contributed by atoms with Crippen LogP contribution in [0, 0.1) is 16.7 Å². The van der Waals surface area contributed by atoms with Gasteiger partial charge in [0.25, 0.3) is 0 Å². The number of likely N-dealkylation sites (tertiary alicyclic amines) is 1. The van der Waals surface area contributed by atoms with Crippen LogP contribution in [0.25, 0.3) is 0 Å². The van der Waals surface area contributed by atoms with Gasteiger partial charge in [0.15, 0.2) is 0 Å². The Hall–Kier alpha value is -1.37. The van der Waals surface area contributed by atoms with Crippen molar-refractivity contribution in [1.29, 1.82) is 5.26 Å². The fourth-order valence-corrected chi connectivity index (χ4v) is 3.06. The summed E-state index contributed by atoms with van der Waals surface area (Å²) in [4.78, 5) is 25.5. The molecule has 1 aliphatic carbocycles. The maximum Gasteiger partial charge on any atom is 0.237 e. The fraction of sp³-hybridized carbons (Fsp3) is 0.769. The summed E-state index contributed by atoms with van der Waals surface area (Å²) in [6.45, 7) is 1.62. The summed E-state index contributed by atoms with van der Waals surface area (Å²) >= 11 is 0. The number of carbonyl (C=O) groups is 2. The van der Waals surface area contributed by atoms with Crippen molar-refractivity contribution in [3.8, 4) is 6.07 Å². The number of carbonyl (C=O) groups excluding carboxylic acids is 2. The highest BCUT2D eigenvalue weighted by Gasteiger charge is 2.52. The minimum Gasteiger partial charge on any atom is -0.274 e. The van der Waals surface area contributed by atoms with Crippen molar-refractivity contribution in [2.75, 3.05) is 0 Å². The molecule has 0 aromatic heterocycles. The Balaban J connectivity index is 2.25. The van der Waals surface area contributed by atoms with Gasteiger partial charge in [-0.2, -0.15) is 5.26 Å². The largest absolute Gasteiger partial charge is 0.274 e. The molecule has 2 amide bonds. The number of hydrogen-bond acceptors (Lipinski definition) is 3. The molecule has 17 heavy (non-hydrogen) atoms. The van der Waals surface area contributed by atoms with Crippen LogP contribution in [0.1, 0.15) is 51.9 Å². The Bertz CT molecular complexity index is 375. The van der Waals surface area contributed by atoms with Gasteiger partial charge in [-0.25, -0.2) is 0 Å². The number of rotatable bonds is 1. The van der Waals surface area contributed by atoms with Crippen LogP contribution in [0.15, 0.2) is 0 Å². The van der Waals surface area contributed by atoms with Crippen LogP contribution in [-0.2, 0) is 9.59 Å². The number of imide groups is 1. The minimum atomic E-state index is -0.627. The molecule has 2 rings (SSSR count). The SMILES string of the molecule is CC(C#N)N1C(=O)CC2(CCCCCC2)C1=O. The van der Waals surface area contributed by atoms with Crippen LogP contribution in [-0.4, -0.2) is 22.8 Å². The third kappa shape index (κ3) is 1.95. The molecule has 4 nitrogen and oxygen atoms in total. The van der Waals surface area contributed by atoms with Gasteiger partial charge in [-0.3, -0.25) is 14.5 Å². The zero-order chi connectivity index (χ0) is 12.5. The van der Waals surface area contributed by atoms with E-state index in [1.807, 2.05) is 6.07 Å². The van der Waals surface area contributed by atoms with Crippen LogP contribution in [0.2, 0.25) is 0 Å². The number of amides is 2. The fourth-order valence-electron chi connectivity index (χ4n) is 3.06. The lowest BCUT2D eigenvalue weighted by Crippen LogP contribution is -2.40. The molecule has 4 heteroatoms. The molecule has 1 unspecified atom stereocenters. The number of hydrogen-bond donors (Lipinski definition) is 0. The van der Waals surface area contributed by atoms with Crippen LogP contribution in [0.4, 0.5) is 0 Å². The first kappa shape index (κ1) is 12.1. The van der Waals surface area contributed by atoms with E-state index in [2.05, 4.69) is 0 Å². The summed E-state index contributed by atoms with van der Waals surface area (Å²) in [5, 5.41) is 8.88. The van der Waals surface area contributed by atoms with Crippen molar-refractivity contribution in [1.82, 2.24) is 4.90 Å². The third-order valence-electron chi connectivity index (χ3n) is 4.07. The van der Waals surface area contributed by atoms with E-state index >= 15 is 0 Å². The van der Waals surface area contributed by atoms with Gasteiger partial charge in [0, 0.05) is 6.42 Å². The molecule has 0 N–H and O–H groups in total. The normalized spacial score (nSPS) is 25.8. The lowest BCUT2D eigenvalue weighted by Gasteiger charge is -2.25. The second-order valence-electron chi connectivity index (χ2n) is 5.25. The zero-order valence-electron chi connectivity index (χ0n) is 10.2. The third-order valence-corrected chi connectivity index (χ3v) is 4.07. The highest BCUT2D eigenvalue weighted by atomic mass is 16.2. The molecular weight excluding hydrogens is 216 g/mol. The first-order valence-corrected chi connectivity index (χ1v) is 6.37. The van der Waals surface area contributed by atoms with Crippen LogP contribution in [0.5, 0.6) is 0 Å². The molecule has 0 aromatic carbocycles. The number of nitriles is 1. The maximum atomic E-state index is 12.4. The predicted octanol–water partition coefficient (Wildman–Crippen LogP) is 2.00. The van der Waals surface area contributed by atoms with E-state index in [-0.39, 0.29) is 11.8 Å². The summed E-state index contributed by atoms with van der Waals surface area (Å²) in [7, 11) is 0.